The van der Waals surface area contributed by atoms with Crippen LogP contribution >= 0.6 is 15.9 Å². The molecule has 0 fully saturated rings. The van der Waals surface area contributed by atoms with Gasteiger partial charge in [-0.15, -0.1) is 0 Å². The Kier molecular flexibility index (Phi) is 3.81. The summed E-state index contributed by atoms with van der Waals surface area (Å²) in [4.78, 5) is 4.18. The van der Waals surface area contributed by atoms with Crippen LogP contribution in [0, 0.1) is 12.7 Å². The summed E-state index contributed by atoms with van der Waals surface area (Å²) in [5.74, 6) is 0.392. The number of aryl methyl sites for hydroxylation is 1. The van der Waals surface area contributed by atoms with E-state index in [4.69, 9.17) is 5.73 Å². The molecule has 0 saturated carbocycles. The highest BCUT2D eigenvalue weighted by Crippen LogP contribution is 2.18. The Bertz CT molecular complexity index is 572. The molecule has 0 bridgehead atoms. The number of nitrogens with one attached hydrogen (secondary N) is 1. The van der Waals surface area contributed by atoms with E-state index in [9.17, 15) is 4.39 Å². The first-order valence-corrected chi connectivity index (χ1v) is 6.25. The van der Waals surface area contributed by atoms with Crippen molar-refractivity contribution in [3.8, 4) is 0 Å². The average Bonchev–Trinajstić information content (AvgIpc) is 2.34. The standard InChI is InChI=1S/C13H13BrFN3/c1-8-6-17-13(5-12(8)16)18-7-9-4-10(14)2-3-11(9)15/h2-6H,7H2,1H3,(H3,16,17,18). The third-order valence-corrected chi connectivity index (χ3v) is 3.11. The molecule has 0 aliphatic rings. The first kappa shape index (κ1) is 12.8. The van der Waals surface area contributed by atoms with E-state index in [1.807, 2.05) is 6.92 Å². The van der Waals surface area contributed by atoms with Crippen LogP contribution in [0.2, 0.25) is 0 Å². The van der Waals surface area contributed by atoms with Gasteiger partial charge in [0, 0.05) is 34.5 Å². The smallest absolute Gasteiger partial charge is 0.128 e. The van der Waals surface area contributed by atoms with Gasteiger partial charge in [0.05, 0.1) is 0 Å². The van der Waals surface area contributed by atoms with Crippen LogP contribution in [0.3, 0.4) is 0 Å². The SMILES string of the molecule is Cc1cnc(NCc2cc(Br)ccc2F)cc1N. The van der Waals surface area contributed by atoms with Crippen LogP contribution in [0.5, 0.6) is 0 Å². The van der Waals surface area contributed by atoms with Gasteiger partial charge in [-0.3, -0.25) is 0 Å². The largest absolute Gasteiger partial charge is 0.398 e. The van der Waals surface area contributed by atoms with Gasteiger partial charge in [0.25, 0.3) is 0 Å². The van der Waals surface area contributed by atoms with Crippen LogP contribution in [0.4, 0.5) is 15.9 Å². The van der Waals surface area contributed by atoms with Gasteiger partial charge in [-0.25, -0.2) is 9.37 Å². The number of nitrogens with two attached hydrogens (primary N) is 1. The molecule has 3 N–H and O–H groups in total. The highest BCUT2D eigenvalue weighted by molar-refractivity contribution is 9.10. The monoisotopic (exact) mass is 309 g/mol. The number of aromatic nitrogens is 1. The van der Waals surface area contributed by atoms with E-state index in [1.165, 1.54) is 6.07 Å². The van der Waals surface area contributed by atoms with Gasteiger partial charge in [0.2, 0.25) is 0 Å². The molecular weight excluding hydrogens is 297 g/mol. The molecule has 0 saturated heterocycles. The minimum absolute atomic E-state index is 0.245. The fraction of sp³-hybridized carbons (Fsp3) is 0.154. The van der Waals surface area contributed by atoms with Crippen LogP contribution < -0.4 is 11.1 Å². The van der Waals surface area contributed by atoms with Crippen LogP contribution in [-0.2, 0) is 6.54 Å². The van der Waals surface area contributed by atoms with Gasteiger partial charge >= 0.3 is 0 Å². The molecule has 0 unspecified atom stereocenters. The predicted molar refractivity (Wildman–Crippen MR) is 74.8 cm³/mol. The Hall–Kier alpha value is -1.62. The fourth-order valence-electron chi connectivity index (χ4n) is 1.50. The minimum Gasteiger partial charge on any atom is -0.398 e. The fourth-order valence-corrected chi connectivity index (χ4v) is 1.91. The molecule has 0 aliphatic carbocycles. The normalized spacial score (nSPS) is 10.4. The summed E-state index contributed by atoms with van der Waals surface area (Å²) in [6, 6.07) is 6.57. The summed E-state index contributed by atoms with van der Waals surface area (Å²) in [6.45, 7) is 2.25. The van der Waals surface area contributed by atoms with Crippen molar-refractivity contribution in [3.05, 3.63) is 51.9 Å². The van der Waals surface area contributed by atoms with E-state index in [-0.39, 0.29) is 5.82 Å². The Balaban J connectivity index is 2.11. The topological polar surface area (TPSA) is 50.9 Å². The average molecular weight is 310 g/mol. The number of anilines is 2. The second-order valence-electron chi connectivity index (χ2n) is 4.02. The number of rotatable bonds is 3. The highest BCUT2D eigenvalue weighted by atomic mass is 79.9. The number of halogens is 2. The van der Waals surface area contributed by atoms with E-state index in [0.29, 0.717) is 23.6 Å². The Labute approximate surface area is 113 Å². The molecule has 0 radical (unpaired) electrons. The molecular formula is C13H13BrFN3. The third-order valence-electron chi connectivity index (χ3n) is 2.61. The zero-order valence-electron chi connectivity index (χ0n) is 9.87. The summed E-state index contributed by atoms with van der Waals surface area (Å²) < 4.78 is 14.4. The number of benzene rings is 1. The summed E-state index contributed by atoms with van der Waals surface area (Å²) >= 11 is 3.31. The van der Waals surface area contributed by atoms with E-state index in [0.717, 1.165) is 10.0 Å². The third kappa shape index (κ3) is 2.98. The zero-order chi connectivity index (χ0) is 13.1. The van der Waals surface area contributed by atoms with E-state index in [1.54, 1.807) is 24.4 Å². The Morgan fingerprint density at radius 3 is 2.89 bits per heavy atom. The van der Waals surface area contributed by atoms with Crippen LogP contribution in [0.1, 0.15) is 11.1 Å². The maximum atomic E-state index is 13.5. The summed E-state index contributed by atoms with van der Waals surface area (Å²) in [7, 11) is 0. The molecule has 2 rings (SSSR count). The summed E-state index contributed by atoms with van der Waals surface area (Å²) in [6.07, 6.45) is 1.69. The second-order valence-corrected chi connectivity index (χ2v) is 4.93. The second kappa shape index (κ2) is 5.35. The number of nitrogen functional groups attached to an aromatic ring is 1. The van der Waals surface area contributed by atoms with Gasteiger partial charge in [-0.1, -0.05) is 15.9 Å². The number of pyridine rings is 1. The van der Waals surface area contributed by atoms with Gasteiger partial charge in [0.15, 0.2) is 0 Å². The molecule has 5 heteroatoms. The highest BCUT2D eigenvalue weighted by Gasteiger charge is 2.04. The maximum absolute atomic E-state index is 13.5. The van der Waals surface area contributed by atoms with Gasteiger partial charge < -0.3 is 11.1 Å². The molecule has 0 spiro atoms. The zero-order valence-corrected chi connectivity index (χ0v) is 11.5. The predicted octanol–water partition coefficient (Wildman–Crippen LogP) is 3.49. The van der Waals surface area contributed by atoms with Crippen LogP contribution in [-0.4, -0.2) is 4.98 Å². The first-order valence-electron chi connectivity index (χ1n) is 5.46. The van der Waals surface area contributed by atoms with Crippen molar-refractivity contribution in [1.82, 2.24) is 4.98 Å². The van der Waals surface area contributed by atoms with Crippen molar-refractivity contribution >= 4 is 27.4 Å². The summed E-state index contributed by atoms with van der Waals surface area (Å²) in [5, 5.41) is 3.05. The van der Waals surface area contributed by atoms with Crippen molar-refractivity contribution < 1.29 is 4.39 Å². The molecule has 94 valence electrons. The van der Waals surface area contributed by atoms with E-state index >= 15 is 0 Å². The van der Waals surface area contributed by atoms with Crippen molar-refractivity contribution in [2.45, 2.75) is 13.5 Å². The molecule has 18 heavy (non-hydrogen) atoms. The maximum Gasteiger partial charge on any atom is 0.128 e. The molecule has 0 atom stereocenters. The van der Waals surface area contributed by atoms with Crippen LogP contribution in [0.15, 0.2) is 34.9 Å². The molecule has 1 aromatic heterocycles. The molecule has 3 nitrogen and oxygen atoms in total. The van der Waals surface area contributed by atoms with Gasteiger partial charge in [0.1, 0.15) is 11.6 Å². The lowest BCUT2D eigenvalue weighted by Gasteiger charge is -2.08. The first-order chi connectivity index (χ1) is 8.56. The number of hydrogen-bond acceptors (Lipinski definition) is 3. The van der Waals surface area contributed by atoms with Crippen LogP contribution in [0.25, 0.3) is 0 Å². The molecule has 0 aliphatic heterocycles. The van der Waals surface area contributed by atoms with Gasteiger partial charge in [-0.05, 0) is 30.7 Å². The van der Waals surface area contributed by atoms with E-state index in [2.05, 4.69) is 26.2 Å². The molecule has 2 aromatic rings. The quantitative estimate of drug-likeness (QED) is 0.912. The number of nitrogens with zero attached hydrogens (tertiary/aromatic N) is 1. The van der Waals surface area contributed by atoms with E-state index < -0.39 is 0 Å². The van der Waals surface area contributed by atoms with Gasteiger partial charge in [-0.2, -0.15) is 0 Å². The summed E-state index contributed by atoms with van der Waals surface area (Å²) in [5.41, 5.74) is 7.95. The number of hydrogen-bond donors (Lipinski definition) is 2. The molecule has 1 heterocycles. The molecule has 0 amide bonds. The van der Waals surface area contributed by atoms with Crippen molar-refractivity contribution in [2.24, 2.45) is 0 Å². The lowest BCUT2D eigenvalue weighted by Crippen LogP contribution is -2.04. The van der Waals surface area contributed by atoms with Crippen molar-refractivity contribution in [3.63, 3.8) is 0 Å². The van der Waals surface area contributed by atoms with Crippen molar-refractivity contribution in [2.75, 3.05) is 11.1 Å². The Morgan fingerprint density at radius 1 is 1.39 bits per heavy atom. The minimum atomic E-state index is -0.245. The Morgan fingerprint density at radius 2 is 2.17 bits per heavy atom. The lowest BCUT2D eigenvalue weighted by molar-refractivity contribution is 0.612. The van der Waals surface area contributed by atoms with Crippen molar-refractivity contribution in [1.29, 1.82) is 0 Å². The lowest BCUT2D eigenvalue weighted by atomic mass is 10.2. The molecule has 1 aromatic carbocycles.